The van der Waals surface area contributed by atoms with E-state index >= 15 is 0 Å². The van der Waals surface area contributed by atoms with Gasteiger partial charge in [0.1, 0.15) is 0 Å². The molecule has 1 aromatic rings. The molecule has 0 unspecified atom stereocenters. The van der Waals surface area contributed by atoms with Crippen molar-refractivity contribution in [1.82, 2.24) is 0 Å². The van der Waals surface area contributed by atoms with Crippen molar-refractivity contribution in [2.75, 3.05) is 32.2 Å². The van der Waals surface area contributed by atoms with E-state index in [-0.39, 0.29) is 24.3 Å². The maximum absolute atomic E-state index is 12.3. The van der Waals surface area contributed by atoms with Gasteiger partial charge in [0.2, 0.25) is 5.75 Å². The Hall–Kier alpha value is -2.00. The topological polar surface area (TPSA) is 108 Å². The zero-order chi connectivity index (χ0) is 21.0. The fourth-order valence-electron chi connectivity index (χ4n) is 2.17. The van der Waals surface area contributed by atoms with Crippen LogP contribution in [0.3, 0.4) is 0 Å². The largest absolute Gasteiger partial charge is 0.490 e. The summed E-state index contributed by atoms with van der Waals surface area (Å²) in [4.78, 5) is 12.3. The third kappa shape index (κ3) is 8.79. The van der Waals surface area contributed by atoms with Crippen molar-refractivity contribution in [2.24, 2.45) is 0 Å². The molecule has 0 saturated carbocycles. The summed E-state index contributed by atoms with van der Waals surface area (Å²) in [6, 6.07) is 3.05. The molecule has 0 bridgehead atoms. The van der Waals surface area contributed by atoms with E-state index in [1.807, 2.05) is 20.8 Å². The molecule has 0 atom stereocenters. The van der Waals surface area contributed by atoms with E-state index in [0.29, 0.717) is 37.7 Å². The van der Waals surface area contributed by atoms with Crippen LogP contribution in [0.2, 0.25) is 0 Å². The fraction of sp³-hybridized carbons (Fsp3) is 0.632. The average molecular weight is 419 g/mol. The minimum atomic E-state index is -4.06. The highest BCUT2D eigenvalue weighted by Crippen LogP contribution is 2.39. The molecule has 1 aromatic carbocycles. The summed E-state index contributed by atoms with van der Waals surface area (Å²) >= 11 is 0. The first-order valence-corrected chi connectivity index (χ1v) is 11.1. The number of hydrogen-bond donors (Lipinski definition) is 1. The molecule has 0 radical (unpaired) electrons. The first-order valence-electron chi connectivity index (χ1n) is 9.51. The van der Waals surface area contributed by atoms with E-state index in [4.69, 9.17) is 23.5 Å². The van der Waals surface area contributed by atoms with Crippen LogP contribution in [0.5, 0.6) is 17.2 Å². The van der Waals surface area contributed by atoms with Crippen LogP contribution in [0.15, 0.2) is 12.1 Å². The molecule has 0 fully saturated rings. The van der Waals surface area contributed by atoms with Crippen LogP contribution < -0.4 is 14.2 Å². The Labute approximate surface area is 166 Å². The molecule has 0 amide bonds. The van der Waals surface area contributed by atoms with E-state index in [1.54, 1.807) is 6.07 Å². The molecule has 160 valence electrons. The normalized spacial score (nSPS) is 11.1. The number of esters is 1. The van der Waals surface area contributed by atoms with Gasteiger partial charge in [-0.05, 0) is 37.8 Å². The molecule has 0 aliphatic heterocycles. The van der Waals surface area contributed by atoms with Gasteiger partial charge >= 0.3 is 5.97 Å². The fourth-order valence-corrected chi connectivity index (χ4v) is 2.65. The van der Waals surface area contributed by atoms with Gasteiger partial charge in [0.05, 0.1) is 37.7 Å². The van der Waals surface area contributed by atoms with Crippen LogP contribution in [0, 0.1) is 0 Å². The molecule has 1 N–H and O–H groups in total. The van der Waals surface area contributed by atoms with E-state index in [9.17, 15) is 13.2 Å². The van der Waals surface area contributed by atoms with Crippen LogP contribution in [0.25, 0.3) is 0 Å². The Morgan fingerprint density at radius 3 is 1.96 bits per heavy atom. The number of carbonyl (C=O) groups is 1. The minimum absolute atomic E-state index is 0.0168. The van der Waals surface area contributed by atoms with Gasteiger partial charge in [-0.15, -0.1) is 0 Å². The summed E-state index contributed by atoms with van der Waals surface area (Å²) < 4.78 is 52.9. The molecule has 1 rings (SSSR count). The maximum atomic E-state index is 12.3. The van der Waals surface area contributed by atoms with Crippen molar-refractivity contribution in [3.05, 3.63) is 17.7 Å². The third-order valence-corrected chi connectivity index (χ3v) is 4.21. The van der Waals surface area contributed by atoms with Crippen molar-refractivity contribution in [3.8, 4) is 17.2 Å². The van der Waals surface area contributed by atoms with E-state index < -0.39 is 21.8 Å². The van der Waals surface area contributed by atoms with Crippen molar-refractivity contribution in [1.29, 1.82) is 0 Å². The van der Waals surface area contributed by atoms with E-state index in [1.165, 1.54) is 6.07 Å². The van der Waals surface area contributed by atoms with Gasteiger partial charge < -0.3 is 18.9 Å². The highest BCUT2D eigenvalue weighted by Gasteiger charge is 2.20. The van der Waals surface area contributed by atoms with Crippen LogP contribution in [-0.4, -0.2) is 51.1 Å². The van der Waals surface area contributed by atoms with Gasteiger partial charge in [0, 0.05) is 0 Å². The van der Waals surface area contributed by atoms with E-state index in [2.05, 4.69) is 0 Å². The molecule has 0 saturated heterocycles. The van der Waals surface area contributed by atoms with Gasteiger partial charge in [-0.25, -0.2) is 4.79 Å². The Balaban J connectivity index is 3.13. The molecule has 0 aliphatic carbocycles. The summed E-state index contributed by atoms with van der Waals surface area (Å²) in [5.41, 5.74) is 0.258. The second kappa shape index (κ2) is 12.5. The molecule has 0 aliphatic rings. The molecular weight excluding hydrogens is 388 g/mol. The Morgan fingerprint density at radius 1 is 0.893 bits per heavy atom. The number of ether oxygens (including phenoxy) is 4. The number of benzene rings is 1. The summed E-state index contributed by atoms with van der Waals surface area (Å²) in [5, 5.41) is 0. The van der Waals surface area contributed by atoms with Crippen LogP contribution in [-0.2, 0) is 14.9 Å². The Kier molecular flexibility index (Phi) is 10.7. The van der Waals surface area contributed by atoms with Crippen LogP contribution in [0.1, 0.15) is 56.8 Å². The van der Waals surface area contributed by atoms with Gasteiger partial charge in [-0.2, -0.15) is 8.42 Å². The zero-order valence-corrected chi connectivity index (χ0v) is 17.5. The van der Waals surface area contributed by atoms with Crippen LogP contribution in [0.4, 0.5) is 0 Å². The second-order valence-electron chi connectivity index (χ2n) is 6.12. The second-order valence-corrected chi connectivity index (χ2v) is 7.69. The van der Waals surface area contributed by atoms with Crippen molar-refractivity contribution in [3.63, 3.8) is 0 Å². The van der Waals surface area contributed by atoms with Gasteiger partial charge in [0.25, 0.3) is 10.1 Å². The molecule has 28 heavy (non-hydrogen) atoms. The predicted molar refractivity (Wildman–Crippen MR) is 105 cm³/mol. The van der Waals surface area contributed by atoms with Crippen molar-refractivity contribution in [2.45, 2.75) is 46.5 Å². The highest BCUT2D eigenvalue weighted by atomic mass is 32.2. The quantitative estimate of drug-likeness (QED) is 0.278. The average Bonchev–Trinajstić information content (AvgIpc) is 2.65. The Bertz CT molecular complexity index is 715. The first-order chi connectivity index (χ1) is 13.3. The minimum Gasteiger partial charge on any atom is -0.490 e. The van der Waals surface area contributed by atoms with Gasteiger partial charge in [0.15, 0.2) is 11.5 Å². The van der Waals surface area contributed by atoms with Crippen LogP contribution >= 0.6 is 0 Å². The van der Waals surface area contributed by atoms with Crippen molar-refractivity contribution < 1.29 is 36.7 Å². The molecule has 0 aromatic heterocycles. The lowest BCUT2D eigenvalue weighted by molar-refractivity contribution is 0.0504. The lowest BCUT2D eigenvalue weighted by atomic mass is 10.1. The lowest BCUT2D eigenvalue weighted by Crippen LogP contribution is -2.12. The molecule has 0 heterocycles. The van der Waals surface area contributed by atoms with E-state index in [0.717, 1.165) is 12.8 Å². The molecule has 0 spiro atoms. The predicted octanol–water partition coefficient (Wildman–Crippen LogP) is 3.49. The summed E-state index contributed by atoms with van der Waals surface area (Å²) in [7, 11) is -4.06. The van der Waals surface area contributed by atoms with Crippen molar-refractivity contribution >= 4 is 16.1 Å². The molecular formula is C19H30O8S. The standard InChI is InChI=1S/C19H30O8S/c1-4-8-24-16-13-15(19(20)27-10-6-3)14-17(18(16)26-9-5-2)25-11-7-12-28(21,22)23/h13-14H,4-12H2,1-3H3,(H,21,22,23). The number of hydrogen-bond acceptors (Lipinski definition) is 7. The summed E-state index contributed by atoms with van der Waals surface area (Å²) in [6.45, 7) is 6.97. The molecule has 9 heteroatoms. The number of carbonyl (C=O) groups excluding carboxylic acids is 1. The molecule has 8 nitrogen and oxygen atoms in total. The maximum Gasteiger partial charge on any atom is 0.338 e. The monoisotopic (exact) mass is 418 g/mol. The number of rotatable bonds is 14. The third-order valence-electron chi connectivity index (χ3n) is 3.41. The van der Waals surface area contributed by atoms with Gasteiger partial charge in [-0.3, -0.25) is 4.55 Å². The smallest absolute Gasteiger partial charge is 0.338 e. The summed E-state index contributed by atoms with van der Waals surface area (Å²) in [6.07, 6.45) is 2.31. The first kappa shape index (κ1) is 24.0. The SMILES string of the molecule is CCCOC(=O)c1cc(OCCC)c(OCCC)c(OCCCS(=O)(=O)O)c1. The van der Waals surface area contributed by atoms with Gasteiger partial charge in [-0.1, -0.05) is 20.8 Å². The summed E-state index contributed by atoms with van der Waals surface area (Å²) in [5.74, 6) is 0.0596. The highest BCUT2D eigenvalue weighted by molar-refractivity contribution is 7.85. The zero-order valence-electron chi connectivity index (χ0n) is 16.7. The Morgan fingerprint density at radius 2 is 1.43 bits per heavy atom. The lowest BCUT2D eigenvalue weighted by Gasteiger charge is -2.18.